The number of rotatable bonds is 6. The van der Waals surface area contributed by atoms with Gasteiger partial charge in [-0.05, 0) is 49.8 Å². The predicted molar refractivity (Wildman–Crippen MR) is 108 cm³/mol. The quantitative estimate of drug-likeness (QED) is 0.694. The first kappa shape index (κ1) is 20.7. The van der Waals surface area contributed by atoms with Gasteiger partial charge in [-0.3, -0.25) is 9.59 Å². The summed E-state index contributed by atoms with van der Waals surface area (Å²) in [5.41, 5.74) is 0.212. The van der Waals surface area contributed by atoms with Crippen LogP contribution in [0.4, 0.5) is 10.1 Å². The van der Waals surface area contributed by atoms with Gasteiger partial charge in [-0.2, -0.15) is 4.72 Å². The number of thiophene rings is 1. The van der Waals surface area contributed by atoms with Gasteiger partial charge in [0.1, 0.15) is 11.9 Å². The molecule has 0 spiro atoms. The van der Waals surface area contributed by atoms with Crippen LogP contribution in [0, 0.1) is 5.82 Å². The zero-order chi connectivity index (χ0) is 20.5. The lowest BCUT2D eigenvalue weighted by Crippen LogP contribution is -2.40. The molecule has 0 bridgehead atoms. The molecule has 1 fully saturated rings. The second-order valence-electron chi connectivity index (χ2n) is 6.16. The summed E-state index contributed by atoms with van der Waals surface area (Å²) in [7, 11) is -3.87. The molecular weight excluding hydrogens is 427 g/mol. The average molecular weight is 443 g/mol. The first-order chi connectivity index (χ1) is 13.2. The molecule has 0 aliphatic carbocycles. The normalized spacial score (nSPS) is 17.6. The van der Waals surface area contributed by atoms with Crippen molar-refractivity contribution >= 4 is 56.4 Å². The number of hydrogen-bond donors (Lipinski definition) is 1. The standard InChI is InChI=1S/C18H16ClFN2O4S2/c1-11(23)12-2-4-16(14(20)10-12)22-8-6-15(18(22)24)21-28(25,26)9-7-13-3-5-17(19)27-13/h2-5,7,9-10,15,21H,6,8H2,1H3/b9-7+. The van der Waals surface area contributed by atoms with Crippen LogP contribution in [0.25, 0.3) is 6.08 Å². The Balaban J connectivity index is 1.71. The van der Waals surface area contributed by atoms with Gasteiger partial charge < -0.3 is 4.90 Å². The van der Waals surface area contributed by atoms with E-state index in [9.17, 15) is 22.4 Å². The molecule has 1 unspecified atom stereocenters. The molecule has 1 aliphatic rings. The van der Waals surface area contributed by atoms with E-state index in [0.717, 1.165) is 11.5 Å². The Morgan fingerprint density at radius 3 is 2.71 bits per heavy atom. The van der Waals surface area contributed by atoms with Gasteiger partial charge in [0, 0.05) is 22.4 Å². The first-order valence-electron chi connectivity index (χ1n) is 8.24. The van der Waals surface area contributed by atoms with Crippen molar-refractivity contribution < 1.29 is 22.4 Å². The summed E-state index contributed by atoms with van der Waals surface area (Å²) in [6.07, 6.45) is 1.58. The van der Waals surface area contributed by atoms with Crippen molar-refractivity contribution in [3.8, 4) is 0 Å². The van der Waals surface area contributed by atoms with Crippen LogP contribution in [0.1, 0.15) is 28.6 Å². The Hall–Kier alpha value is -2.07. The number of carbonyl (C=O) groups is 2. The van der Waals surface area contributed by atoms with Gasteiger partial charge in [0.05, 0.1) is 10.0 Å². The Labute approximate surface area is 170 Å². The lowest BCUT2D eigenvalue weighted by molar-refractivity contribution is -0.118. The summed E-state index contributed by atoms with van der Waals surface area (Å²) in [4.78, 5) is 25.7. The second-order valence-corrected chi connectivity index (χ2v) is 9.51. The fourth-order valence-corrected chi connectivity index (χ4v) is 4.85. The fourth-order valence-electron chi connectivity index (χ4n) is 2.79. The highest BCUT2D eigenvalue weighted by atomic mass is 35.5. The first-order valence-corrected chi connectivity index (χ1v) is 11.0. The van der Waals surface area contributed by atoms with E-state index in [1.54, 1.807) is 12.1 Å². The van der Waals surface area contributed by atoms with Crippen molar-refractivity contribution in [1.29, 1.82) is 0 Å². The number of nitrogens with one attached hydrogen (secondary N) is 1. The minimum Gasteiger partial charge on any atom is -0.308 e. The second kappa shape index (κ2) is 8.12. The molecule has 1 saturated heterocycles. The zero-order valence-electron chi connectivity index (χ0n) is 14.7. The summed E-state index contributed by atoms with van der Waals surface area (Å²) >= 11 is 7.02. The molecule has 1 aromatic carbocycles. The van der Waals surface area contributed by atoms with E-state index in [2.05, 4.69) is 4.72 Å². The van der Waals surface area contributed by atoms with Crippen LogP contribution in [-0.4, -0.2) is 32.7 Å². The number of amides is 1. The number of hydrogen-bond acceptors (Lipinski definition) is 5. The van der Waals surface area contributed by atoms with Crippen LogP contribution in [0.3, 0.4) is 0 Å². The van der Waals surface area contributed by atoms with Crippen molar-refractivity contribution in [2.24, 2.45) is 0 Å². The van der Waals surface area contributed by atoms with Crippen LogP contribution in [0.5, 0.6) is 0 Å². The van der Waals surface area contributed by atoms with E-state index in [1.165, 1.54) is 41.4 Å². The molecule has 148 valence electrons. The third-order valence-corrected chi connectivity index (χ3v) is 6.47. The van der Waals surface area contributed by atoms with Gasteiger partial charge in [0.15, 0.2) is 5.78 Å². The van der Waals surface area contributed by atoms with Crippen LogP contribution < -0.4 is 9.62 Å². The average Bonchev–Trinajstić information content (AvgIpc) is 3.19. The van der Waals surface area contributed by atoms with E-state index in [4.69, 9.17) is 11.6 Å². The minimum atomic E-state index is -3.87. The molecule has 1 amide bonds. The number of ketones is 1. The van der Waals surface area contributed by atoms with E-state index in [0.29, 0.717) is 9.21 Å². The molecular formula is C18H16ClFN2O4S2. The number of carbonyl (C=O) groups excluding carboxylic acids is 2. The van der Waals surface area contributed by atoms with Crippen LogP contribution in [-0.2, 0) is 14.8 Å². The van der Waals surface area contributed by atoms with Crippen molar-refractivity contribution in [2.45, 2.75) is 19.4 Å². The number of nitrogens with zero attached hydrogens (tertiary/aromatic N) is 1. The smallest absolute Gasteiger partial charge is 0.245 e. The molecule has 1 N–H and O–H groups in total. The van der Waals surface area contributed by atoms with Crippen LogP contribution in [0.15, 0.2) is 35.7 Å². The number of anilines is 1. The third-order valence-electron chi connectivity index (χ3n) is 4.16. The predicted octanol–water partition coefficient (Wildman–Crippen LogP) is 3.44. The summed E-state index contributed by atoms with van der Waals surface area (Å²) in [5, 5.41) is 0.966. The maximum Gasteiger partial charge on any atom is 0.245 e. The molecule has 10 heteroatoms. The summed E-state index contributed by atoms with van der Waals surface area (Å²) in [5.74, 6) is -1.55. The molecule has 2 aromatic rings. The van der Waals surface area contributed by atoms with Gasteiger partial charge in [0.25, 0.3) is 0 Å². The highest BCUT2D eigenvalue weighted by Crippen LogP contribution is 2.26. The number of benzene rings is 1. The van der Waals surface area contributed by atoms with Crippen molar-refractivity contribution in [2.75, 3.05) is 11.4 Å². The molecule has 3 rings (SSSR count). The SMILES string of the molecule is CC(=O)c1ccc(N2CCC(NS(=O)(=O)/C=C/c3ccc(Cl)s3)C2=O)c(F)c1. The van der Waals surface area contributed by atoms with Crippen molar-refractivity contribution in [3.63, 3.8) is 0 Å². The molecule has 28 heavy (non-hydrogen) atoms. The highest BCUT2D eigenvalue weighted by molar-refractivity contribution is 7.92. The van der Waals surface area contributed by atoms with E-state index < -0.39 is 27.8 Å². The van der Waals surface area contributed by atoms with Gasteiger partial charge in [-0.15, -0.1) is 11.3 Å². The lowest BCUT2D eigenvalue weighted by atomic mass is 10.1. The Morgan fingerprint density at radius 2 is 2.11 bits per heavy atom. The minimum absolute atomic E-state index is 0.0143. The van der Waals surface area contributed by atoms with Crippen molar-refractivity contribution in [3.05, 3.63) is 56.3 Å². The molecule has 6 nitrogen and oxygen atoms in total. The van der Waals surface area contributed by atoms with Crippen LogP contribution in [0.2, 0.25) is 4.34 Å². The largest absolute Gasteiger partial charge is 0.308 e. The van der Waals surface area contributed by atoms with Gasteiger partial charge in [-0.25, -0.2) is 12.8 Å². The number of sulfonamides is 1. The maximum atomic E-state index is 14.3. The zero-order valence-corrected chi connectivity index (χ0v) is 17.1. The lowest BCUT2D eigenvalue weighted by Gasteiger charge is -2.18. The Kier molecular flexibility index (Phi) is 5.99. The molecule has 2 heterocycles. The molecule has 1 atom stereocenters. The topological polar surface area (TPSA) is 83.6 Å². The van der Waals surface area contributed by atoms with Crippen LogP contribution >= 0.6 is 22.9 Å². The monoisotopic (exact) mass is 442 g/mol. The van der Waals surface area contributed by atoms with Crippen molar-refractivity contribution in [1.82, 2.24) is 4.72 Å². The Bertz CT molecular complexity index is 1070. The Morgan fingerprint density at radius 1 is 1.36 bits per heavy atom. The van der Waals surface area contributed by atoms with Gasteiger partial charge in [0.2, 0.25) is 15.9 Å². The van der Waals surface area contributed by atoms with E-state index in [1.807, 2.05) is 0 Å². The summed E-state index contributed by atoms with van der Waals surface area (Å²) in [6.45, 7) is 1.48. The van der Waals surface area contributed by atoms with Gasteiger partial charge in [-0.1, -0.05) is 11.6 Å². The highest BCUT2D eigenvalue weighted by Gasteiger charge is 2.35. The summed E-state index contributed by atoms with van der Waals surface area (Å²) < 4.78 is 41.6. The summed E-state index contributed by atoms with van der Waals surface area (Å²) in [6, 6.07) is 6.18. The van der Waals surface area contributed by atoms with E-state index in [-0.39, 0.29) is 30.0 Å². The van der Waals surface area contributed by atoms with Gasteiger partial charge >= 0.3 is 0 Å². The molecule has 1 aliphatic heterocycles. The maximum absolute atomic E-state index is 14.3. The number of Topliss-reactive ketones (excluding diaryl/α,β-unsaturated/α-hetero) is 1. The number of halogens is 2. The third kappa shape index (κ3) is 4.67. The van der Waals surface area contributed by atoms with E-state index >= 15 is 0 Å². The molecule has 0 radical (unpaired) electrons. The molecule has 0 saturated carbocycles. The molecule has 1 aromatic heterocycles. The fraction of sp³-hybridized carbons (Fsp3) is 0.222.